The van der Waals surface area contributed by atoms with Gasteiger partial charge in [0, 0.05) is 6.08 Å². The second kappa shape index (κ2) is 3.56. The Kier molecular flexibility index (Phi) is 2.69. The van der Waals surface area contributed by atoms with Crippen molar-refractivity contribution in [2.75, 3.05) is 6.61 Å². The molecule has 0 N–H and O–H groups in total. The highest BCUT2D eigenvalue weighted by atomic mass is 16.5. The molecule has 1 rings (SSSR count). The van der Waals surface area contributed by atoms with Crippen molar-refractivity contribution in [3.8, 4) is 0 Å². The summed E-state index contributed by atoms with van der Waals surface area (Å²) in [4.78, 5) is 10.9. The Labute approximate surface area is 67.2 Å². The van der Waals surface area contributed by atoms with E-state index in [-0.39, 0.29) is 5.97 Å². The van der Waals surface area contributed by atoms with E-state index in [1.165, 1.54) is 18.4 Å². The topological polar surface area (TPSA) is 26.3 Å². The summed E-state index contributed by atoms with van der Waals surface area (Å²) in [6.07, 6.45) is 4.09. The van der Waals surface area contributed by atoms with E-state index in [1.807, 2.05) is 13.8 Å². The summed E-state index contributed by atoms with van der Waals surface area (Å²) in [7, 11) is 0. The van der Waals surface area contributed by atoms with Gasteiger partial charge in [0.05, 0.1) is 6.61 Å². The van der Waals surface area contributed by atoms with E-state index in [2.05, 4.69) is 0 Å². The molecule has 1 aliphatic carbocycles. The van der Waals surface area contributed by atoms with Gasteiger partial charge in [-0.15, -0.1) is 0 Å². The Bertz CT molecular complexity index is 178. The molecule has 0 heterocycles. The molecule has 2 nitrogen and oxygen atoms in total. The molecule has 2 heteroatoms. The monoisotopic (exact) mass is 154 g/mol. The molecule has 0 saturated heterocycles. The van der Waals surface area contributed by atoms with Gasteiger partial charge < -0.3 is 4.74 Å². The normalized spacial score (nSPS) is 18.2. The molecule has 1 saturated carbocycles. The van der Waals surface area contributed by atoms with Crippen molar-refractivity contribution in [1.82, 2.24) is 0 Å². The van der Waals surface area contributed by atoms with E-state index in [1.54, 1.807) is 6.08 Å². The largest absolute Gasteiger partial charge is 0.463 e. The molecule has 0 atom stereocenters. The molecule has 0 aromatic rings. The summed E-state index contributed by atoms with van der Waals surface area (Å²) in [6.45, 7) is 4.28. The Hall–Kier alpha value is -0.790. The van der Waals surface area contributed by atoms with Gasteiger partial charge in [-0.3, -0.25) is 0 Å². The van der Waals surface area contributed by atoms with Crippen LogP contribution in [0, 0.1) is 5.92 Å². The number of carbonyl (C=O) groups is 1. The third kappa shape index (κ3) is 2.74. The number of hydrogen-bond donors (Lipinski definition) is 0. The average molecular weight is 154 g/mol. The summed E-state index contributed by atoms with van der Waals surface area (Å²) >= 11 is 0. The van der Waals surface area contributed by atoms with E-state index in [4.69, 9.17) is 4.74 Å². The number of ether oxygens (including phenoxy) is 1. The second-order valence-electron chi connectivity index (χ2n) is 2.91. The quantitative estimate of drug-likeness (QED) is 0.458. The lowest BCUT2D eigenvalue weighted by molar-refractivity contribution is -0.137. The standard InChI is InChI=1S/C9H14O2/c1-3-11-9(10)6-7(2)8-4-5-8/h6,8H,3-5H2,1-2H3/b7-6-. The van der Waals surface area contributed by atoms with Gasteiger partial charge in [-0.2, -0.15) is 0 Å². The SMILES string of the molecule is CCOC(=O)/C=C(/C)C1CC1. The first-order valence-electron chi connectivity index (χ1n) is 4.09. The molecule has 11 heavy (non-hydrogen) atoms. The molecule has 0 aliphatic heterocycles. The van der Waals surface area contributed by atoms with Crippen molar-refractivity contribution in [1.29, 1.82) is 0 Å². The molecule has 0 aromatic carbocycles. The fraction of sp³-hybridized carbons (Fsp3) is 0.667. The zero-order chi connectivity index (χ0) is 8.27. The van der Waals surface area contributed by atoms with Crippen LogP contribution in [0.1, 0.15) is 26.7 Å². The first kappa shape index (κ1) is 8.31. The van der Waals surface area contributed by atoms with Gasteiger partial charge >= 0.3 is 5.97 Å². The molecular weight excluding hydrogens is 140 g/mol. The number of esters is 1. The Morgan fingerprint density at radius 1 is 1.64 bits per heavy atom. The van der Waals surface area contributed by atoms with Crippen molar-refractivity contribution < 1.29 is 9.53 Å². The molecule has 0 aromatic heterocycles. The van der Waals surface area contributed by atoms with Gasteiger partial charge in [0.15, 0.2) is 0 Å². The molecule has 62 valence electrons. The van der Waals surface area contributed by atoms with Gasteiger partial charge in [-0.05, 0) is 32.6 Å². The molecule has 1 aliphatic rings. The lowest BCUT2D eigenvalue weighted by Gasteiger charge is -1.97. The maximum Gasteiger partial charge on any atom is 0.330 e. The molecular formula is C9H14O2. The van der Waals surface area contributed by atoms with Crippen LogP contribution in [0.25, 0.3) is 0 Å². The van der Waals surface area contributed by atoms with Crippen molar-refractivity contribution >= 4 is 5.97 Å². The lowest BCUT2D eigenvalue weighted by Crippen LogP contribution is -2.00. The first-order chi connectivity index (χ1) is 5.24. The Balaban J connectivity index is 2.35. The Morgan fingerprint density at radius 2 is 2.27 bits per heavy atom. The van der Waals surface area contributed by atoms with Crippen LogP contribution in [-0.4, -0.2) is 12.6 Å². The number of rotatable bonds is 3. The predicted molar refractivity (Wildman–Crippen MR) is 43.1 cm³/mol. The molecule has 0 bridgehead atoms. The van der Waals surface area contributed by atoms with Crippen molar-refractivity contribution in [2.24, 2.45) is 5.92 Å². The van der Waals surface area contributed by atoms with Crippen LogP contribution in [0.2, 0.25) is 0 Å². The summed E-state index contributed by atoms with van der Waals surface area (Å²) < 4.78 is 4.78. The fourth-order valence-corrected chi connectivity index (χ4v) is 1.03. The van der Waals surface area contributed by atoms with E-state index < -0.39 is 0 Å². The minimum absolute atomic E-state index is 0.197. The molecule has 1 fully saturated rings. The zero-order valence-corrected chi connectivity index (χ0v) is 7.09. The second-order valence-corrected chi connectivity index (χ2v) is 2.91. The maximum absolute atomic E-state index is 10.9. The maximum atomic E-state index is 10.9. The van der Waals surface area contributed by atoms with E-state index in [9.17, 15) is 4.79 Å². The van der Waals surface area contributed by atoms with Crippen LogP contribution in [0.15, 0.2) is 11.6 Å². The number of hydrogen-bond acceptors (Lipinski definition) is 2. The van der Waals surface area contributed by atoms with Crippen molar-refractivity contribution in [3.63, 3.8) is 0 Å². The Morgan fingerprint density at radius 3 is 2.73 bits per heavy atom. The highest BCUT2D eigenvalue weighted by Crippen LogP contribution is 2.35. The van der Waals surface area contributed by atoms with Crippen LogP contribution in [-0.2, 0) is 9.53 Å². The van der Waals surface area contributed by atoms with Gasteiger partial charge in [-0.25, -0.2) is 4.79 Å². The van der Waals surface area contributed by atoms with Gasteiger partial charge in [-0.1, -0.05) is 5.57 Å². The molecule has 0 spiro atoms. The van der Waals surface area contributed by atoms with E-state index in [0.717, 1.165) is 0 Å². The van der Waals surface area contributed by atoms with Gasteiger partial charge in [0.2, 0.25) is 0 Å². The van der Waals surface area contributed by atoms with E-state index in [0.29, 0.717) is 12.5 Å². The highest BCUT2D eigenvalue weighted by molar-refractivity contribution is 5.82. The average Bonchev–Trinajstić information content (AvgIpc) is 2.67. The van der Waals surface area contributed by atoms with Gasteiger partial charge in [0.25, 0.3) is 0 Å². The van der Waals surface area contributed by atoms with Crippen molar-refractivity contribution in [3.05, 3.63) is 11.6 Å². The van der Waals surface area contributed by atoms with Crippen LogP contribution in [0.4, 0.5) is 0 Å². The third-order valence-corrected chi connectivity index (χ3v) is 1.85. The highest BCUT2D eigenvalue weighted by Gasteiger charge is 2.23. The molecule has 0 amide bonds. The molecule has 0 radical (unpaired) electrons. The molecule has 0 unspecified atom stereocenters. The number of carbonyl (C=O) groups excluding carboxylic acids is 1. The fourth-order valence-electron chi connectivity index (χ4n) is 1.03. The third-order valence-electron chi connectivity index (χ3n) is 1.85. The smallest absolute Gasteiger partial charge is 0.330 e. The minimum atomic E-state index is -0.197. The van der Waals surface area contributed by atoms with Gasteiger partial charge in [0.1, 0.15) is 0 Å². The van der Waals surface area contributed by atoms with E-state index >= 15 is 0 Å². The van der Waals surface area contributed by atoms with Crippen LogP contribution in [0.5, 0.6) is 0 Å². The number of allylic oxidation sites excluding steroid dienone is 1. The van der Waals surface area contributed by atoms with Crippen LogP contribution >= 0.6 is 0 Å². The van der Waals surface area contributed by atoms with Crippen LogP contribution < -0.4 is 0 Å². The summed E-state index contributed by atoms with van der Waals surface area (Å²) in [5.74, 6) is 0.469. The van der Waals surface area contributed by atoms with Crippen molar-refractivity contribution in [2.45, 2.75) is 26.7 Å². The minimum Gasteiger partial charge on any atom is -0.463 e. The predicted octanol–water partition coefficient (Wildman–Crippen LogP) is 1.91. The lowest BCUT2D eigenvalue weighted by atomic mass is 10.2. The summed E-state index contributed by atoms with van der Waals surface area (Å²) in [5, 5.41) is 0. The zero-order valence-electron chi connectivity index (χ0n) is 7.09. The first-order valence-corrected chi connectivity index (χ1v) is 4.09. The van der Waals surface area contributed by atoms with Crippen LogP contribution in [0.3, 0.4) is 0 Å². The summed E-state index contributed by atoms with van der Waals surface area (Å²) in [6, 6.07) is 0. The summed E-state index contributed by atoms with van der Waals surface area (Å²) in [5.41, 5.74) is 1.17.